The van der Waals surface area contributed by atoms with Crippen molar-refractivity contribution in [3.05, 3.63) is 70.8 Å². The summed E-state index contributed by atoms with van der Waals surface area (Å²) in [5, 5.41) is 8.76. The molecule has 2 aromatic carbocycles. The van der Waals surface area contributed by atoms with Crippen LogP contribution in [-0.2, 0) is 22.3 Å². The molecule has 2 aromatic rings. The third kappa shape index (κ3) is 4.54. The molecule has 0 radical (unpaired) electrons. The topological polar surface area (TPSA) is 40.9 Å². The third-order valence-corrected chi connectivity index (χ3v) is 4.70. The molecule has 108 valence electrons. The summed E-state index contributed by atoms with van der Waals surface area (Å²) in [6, 6.07) is 17.7. The average Bonchev–Trinajstić information content (AvgIpc) is 2.48. The van der Waals surface area contributed by atoms with Crippen molar-refractivity contribution >= 4 is 10.8 Å². The summed E-state index contributed by atoms with van der Waals surface area (Å²) in [6.45, 7) is 4.33. The summed E-state index contributed by atoms with van der Waals surface area (Å²) >= 11 is 0. The van der Waals surface area contributed by atoms with Crippen LogP contribution < -0.4 is 0 Å². The van der Waals surface area contributed by atoms with Crippen LogP contribution in [0.5, 0.6) is 0 Å². The van der Waals surface area contributed by atoms with Crippen LogP contribution in [0.1, 0.15) is 42.0 Å². The second-order valence-corrected chi connectivity index (χ2v) is 6.89. The molecule has 2 rings (SSSR count). The SMILES string of the molecule is CC(C)c1ccc(C[S@](=O)Cc2ccc(C#N)cc2)cc1. The van der Waals surface area contributed by atoms with Gasteiger partial charge < -0.3 is 0 Å². The van der Waals surface area contributed by atoms with Gasteiger partial charge in [0.15, 0.2) is 0 Å². The Morgan fingerprint density at radius 2 is 1.43 bits per heavy atom. The van der Waals surface area contributed by atoms with E-state index in [4.69, 9.17) is 5.26 Å². The molecular formula is C18H19NOS. The van der Waals surface area contributed by atoms with Gasteiger partial charge in [0, 0.05) is 22.3 Å². The first-order valence-corrected chi connectivity index (χ1v) is 8.50. The maximum atomic E-state index is 12.2. The molecular weight excluding hydrogens is 278 g/mol. The van der Waals surface area contributed by atoms with E-state index in [2.05, 4.69) is 44.2 Å². The van der Waals surface area contributed by atoms with Crippen molar-refractivity contribution in [2.24, 2.45) is 0 Å². The zero-order valence-electron chi connectivity index (χ0n) is 12.4. The van der Waals surface area contributed by atoms with Gasteiger partial charge >= 0.3 is 0 Å². The third-order valence-electron chi connectivity index (χ3n) is 3.38. The number of hydrogen-bond donors (Lipinski definition) is 0. The lowest BCUT2D eigenvalue weighted by Gasteiger charge is -2.07. The molecule has 0 saturated carbocycles. The van der Waals surface area contributed by atoms with E-state index in [0.717, 1.165) is 11.1 Å². The summed E-state index contributed by atoms with van der Waals surface area (Å²) < 4.78 is 12.2. The van der Waals surface area contributed by atoms with Gasteiger partial charge in [-0.2, -0.15) is 5.26 Å². The van der Waals surface area contributed by atoms with Crippen molar-refractivity contribution in [2.45, 2.75) is 31.3 Å². The van der Waals surface area contributed by atoms with Crippen LogP contribution in [0.25, 0.3) is 0 Å². The van der Waals surface area contributed by atoms with E-state index in [1.807, 2.05) is 12.1 Å². The standard InChI is InChI=1S/C18H19NOS/c1-14(2)18-9-7-17(8-10-18)13-21(20)12-16-5-3-15(11-19)4-6-16/h3-10,14H,12-13H2,1-2H3/t21-/m1/s1. The van der Waals surface area contributed by atoms with E-state index in [0.29, 0.717) is 23.0 Å². The number of hydrogen-bond acceptors (Lipinski definition) is 2. The van der Waals surface area contributed by atoms with E-state index in [1.165, 1.54) is 5.56 Å². The molecule has 2 nitrogen and oxygen atoms in total. The monoisotopic (exact) mass is 297 g/mol. The van der Waals surface area contributed by atoms with Crippen molar-refractivity contribution in [3.8, 4) is 6.07 Å². The highest BCUT2D eigenvalue weighted by Crippen LogP contribution is 2.16. The highest BCUT2D eigenvalue weighted by atomic mass is 32.2. The first kappa shape index (κ1) is 15.5. The van der Waals surface area contributed by atoms with Gasteiger partial charge in [-0.05, 0) is 34.7 Å². The molecule has 0 aromatic heterocycles. The lowest BCUT2D eigenvalue weighted by atomic mass is 10.0. The Kier molecular flexibility index (Phi) is 5.30. The lowest BCUT2D eigenvalue weighted by molar-refractivity contribution is 0.682. The number of nitriles is 1. The summed E-state index contributed by atoms with van der Waals surface area (Å²) in [6.07, 6.45) is 0. The zero-order valence-corrected chi connectivity index (χ0v) is 13.2. The van der Waals surface area contributed by atoms with Gasteiger partial charge in [0.2, 0.25) is 0 Å². The molecule has 21 heavy (non-hydrogen) atoms. The first-order chi connectivity index (χ1) is 10.1. The Morgan fingerprint density at radius 1 is 0.952 bits per heavy atom. The normalized spacial score (nSPS) is 12.1. The van der Waals surface area contributed by atoms with Crippen molar-refractivity contribution in [1.82, 2.24) is 0 Å². The molecule has 0 heterocycles. The lowest BCUT2D eigenvalue weighted by Crippen LogP contribution is -2.00. The highest BCUT2D eigenvalue weighted by molar-refractivity contribution is 7.83. The van der Waals surface area contributed by atoms with Gasteiger partial charge in [-0.3, -0.25) is 4.21 Å². The van der Waals surface area contributed by atoms with Gasteiger partial charge in [0.05, 0.1) is 11.6 Å². The van der Waals surface area contributed by atoms with Gasteiger partial charge in [-0.25, -0.2) is 0 Å². The van der Waals surface area contributed by atoms with Crippen molar-refractivity contribution < 1.29 is 4.21 Å². The fraction of sp³-hybridized carbons (Fsp3) is 0.278. The fourth-order valence-electron chi connectivity index (χ4n) is 2.10. The molecule has 0 fully saturated rings. The molecule has 0 aliphatic carbocycles. The van der Waals surface area contributed by atoms with Crippen LogP contribution in [0.15, 0.2) is 48.5 Å². The second kappa shape index (κ2) is 7.19. The minimum atomic E-state index is -0.931. The molecule has 3 heteroatoms. The average molecular weight is 297 g/mol. The Bertz CT molecular complexity index is 651. The summed E-state index contributed by atoms with van der Waals surface area (Å²) in [4.78, 5) is 0. The molecule has 0 bridgehead atoms. The molecule has 0 aliphatic heterocycles. The number of nitrogens with zero attached hydrogens (tertiary/aromatic N) is 1. The Labute approximate surface area is 128 Å². The predicted molar refractivity (Wildman–Crippen MR) is 87.2 cm³/mol. The van der Waals surface area contributed by atoms with Crippen LogP contribution in [0.2, 0.25) is 0 Å². The van der Waals surface area contributed by atoms with E-state index in [-0.39, 0.29) is 0 Å². The Hall–Kier alpha value is -1.92. The summed E-state index contributed by atoms with van der Waals surface area (Å²) in [5.74, 6) is 1.61. The maximum absolute atomic E-state index is 12.2. The van der Waals surface area contributed by atoms with Gasteiger partial charge in [0.25, 0.3) is 0 Å². The molecule has 0 saturated heterocycles. The van der Waals surface area contributed by atoms with Gasteiger partial charge in [-0.15, -0.1) is 0 Å². The fourth-order valence-corrected chi connectivity index (χ4v) is 3.33. The van der Waals surface area contributed by atoms with Gasteiger partial charge in [-0.1, -0.05) is 50.2 Å². The van der Waals surface area contributed by atoms with Crippen LogP contribution >= 0.6 is 0 Å². The van der Waals surface area contributed by atoms with Crippen LogP contribution in [-0.4, -0.2) is 4.21 Å². The van der Waals surface area contributed by atoms with E-state index < -0.39 is 10.8 Å². The summed E-state index contributed by atoms with van der Waals surface area (Å²) in [7, 11) is -0.931. The van der Waals surface area contributed by atoms with Crippen molar-refractivity contribution in [1.29, 1.82) is 5.26 Å². The van der Waals surface area contributed by atoms with Crippen LogP contribution in [0.4, 0.5) is 0 Å². The highest BCUT2D eigenvalue weighted by Gasteiger charge is 2.05. The quantitative estimate of drug-likeness (QED) is 0.832. The predicted octanol–water partition coefficient (Wildman–Crippen LogP) is 4.13. The Morgan fingerprint density at radius 3 is 1.86 bits per heavy atom. The second-order valence-electron chi connectivity index (χ2n) is 5.43. The molecule has 0 spiro atoms. The van der Waals surface area contributed by atoms with Gasteiger partial charge in [0.1, 0.15) is 0 Å². The largest absolute Gasteiger partial charge is 0.259 e. The van der Waals surface area contributed by atoms with E-state index in [9.17, 15) is 4.21 Å². The van der Waals surface area contributed by atoms with E-state index >= 15 is 0 Å². The molecule has 0 N–H and O–H groups in total. The molecule has 0 aliphatic rings. The molecule has 0 unspecified atom stereocenters. The van der Waals surface area contributed by atoms with Crippen LogP contribution in [0.3, 0.4) is 0 Å². The Balaban J connectivity index is 1.96. The zero-order chi connectivity index (χ0) is 15.2. The first-order valence-electron chi connectivity index (χ1n) is 7.01. The summed E-state index contributed by atoms with van der Waals surface area (Å²) in [5.41, 5.74) is 4.04. The van der Waals surface area contributed by atoms with E-state index in [1.54, 1.807) is 12.1 Å². The maximum Gasteiger partial charge on any atom is 0.0991 e. The number of rotatable bonds is 5. The molecule has 0 amide bonds. The minimum Gasteiger partial charge on any atom is -0.259 e. The van der Waals surface area contributed by atoms with Crippen LogP contribution in [0, 0.1) is 11.3 Å². The molecule has 1 atom stereocenters. The van der Waals surface area contributed by atoms with Crippen molar-refractivity contribution in [3.63, 3.8) is 0 Å². The minimum absolute atomic E-state index is 0.517. The number of benzene rings is 2. The smallest absolute Gasteiger partial charge is 0.0991 e. The van der Waals surface area contributed by atoms with Crippen molar-refractivity contribution in [2.75, 3.05) is 0 Å².